The average molecular weight is 385 g/mol. The van der Waals surface area contributed by atoms with Crippen LogP contribution in [0.2, 0.25) is 0 Å². The Bertz CT molecular complexity index is 618. The highest BCUT2D eigenvalue weighted by molar-refractivity contribution is 14.1. The number of hydrogen-bond donors (Lipinski definition) is 2. The summed E-state index contributed by atoms with van der Waals surface area (Å²) in [5.41, 5.74) is 0.569. The lowest BCUT2D eigenvalue weighted by atomic mass is 10.3. The van der Waals surface area contributed by atoms with E-state index in [4.69, 9.17) is 0 Å². The van der Waals surface area contributed by atoms with E-state index in [1.165, 1.54) is 6.20 Å². The molecule has 0 saturated heterocycles. The van der Waals surface area contributed by atoms with E-state index in [0.29, 0.717) is 12.5 Å². The number of nitrogens with one attached hydrogen (secondary N) is 2. The summed E-state index contributed by atoms with van der Waals surface area (Å²) >= 11 is 2.19. The Morgan fingerprint density at radius 1 is 1.35 bits per heavy atom. The summed E-state index contributed by atoms with van der Waals surface area (Å²) in [6.07, 6.45) is 1.19. The predicted octanol–water partition coefficient (Wildman–Crippen LogP) is 3.16. The van der Waals surface area contributed by atoms with Crippen molar-refractivity contribution in [2.75, 3.05) is 17.2 Å². The number of hydrogen-bond acceptors (Lipinski definition) is 6. The van der Waals surface area contributed by atoms with Crippen LogP contribution in [0.4, 0.5) is 23.1 Å². The molecule has 20 heavy (non-hydrogen) atoms. The van der Waals surface area contributed by atoms with Crippen molar-refractivity contribution in [3.05, 3.63) is 44.1 Å². The molecule has 7 nitrogen and oxygen atoms in total. The van der Waals surface area contributed by atoms with E-state index in [1.54, 1.807) is 0 Å². The Labute approximate surface area is 129 Å². The van der Waals surface area contributed by atoms with Crippen LogP contribution in [0, 0.1) is 13.7 Å². The highest BCUT2D eigenvalue weighted by Gasteiger charge is 2.17. The minimum Gasteiger partial charge on any atom is -0.354 e. The zero-order chi connectivity index (χ0) is 14.5. The highest BCUT2D eigenvalue weighted by atomic mass is 127. The fourth-order valence-corrected chi connectivity index (χ4v) is 1.87. The maximum absolute atomic E-state index is 11.0. The van der Waals surface area contributed by atoms with E-state index in [1.807, 2.05) is 31.2 Å². The van der Waals surface area contributed by atoms with Crippen molar-refractivity contribution in [1.29, 1.82) is 0 Å². The summed E-state index contributed by atoms with van der Waals surface area (Å²) < 4.78 is 1.08. The fraction of sp³-hybridized carbons (Fsp3) is 0.167. The zero-order valence-corrected chi connectivity index (χ0v) is 12.8. The molecule has 0 spiro atoms. The second-order valence-corrected chi connectivity index (χ2v) is 5.09. The standard InChI is InChI=1S/C12H12IN5O2/c1-2-14-12-15-7-10(18(19)20)11(17-12)16-9-5-3-8(13)4-6-9/h3-7H,2H2,1H3,(H2,14,15,16,17). The topological polar surface area (TPSA) is 93.0 Å². The van der Waals surface area contributed by atoms with Crippen LogP contribution >= 0.6 is 22.6 Å². The first-order chi connectivity index (χ1) is 9.60. The van der Waals surface area contributed by atoms with Crippen LogP contribution in [-0.4, -0.2) is 21.4 Å². The molecule has 2 N–H and O–H groups in total. The van der Waals surface area contributed by atoms with E-state index >= 15 is 0 Å². The Morgan fingerprint density at radius 3 is 2.65 bits per heavy atom. The van der Waals surface area contributed by atoms with Crippen LogP contribution in [0.1, 0.15) is 6.92 Å². The molecule has 0 aliphatic rings. The lowest BCUT2D eigenvalue weighted by Crippen LogP contribution is -2.06. The first-order valence-electron chi connectivity index (χ1n) is 5.88. The number of nitro groups is 1. The minimum absolute atomic E-state index is 0.162. The van der Waals surface area contributed by atoms with E-state index in [9.17, 15) is 10.1 Å². The van der Waals surface area contributed by atoms with Crippen molar-refractivity contribution in [1.82, 2.24) is 9.97 Å². The number of aromatic nitrogens is 2. The smallest absolute Gasteiger partial charge is 0.329 e. The van der Waals surface area contributed by atoms with Crippen LogP contribution in [0.15, 0.2) is 30.5 Å². The summed E-state index contributed by atoms with van der Waals surface area (Å²) in [6, 6.07) is 7.48. The molecular weight excluding hydrogens is 373 g/mol. The molecule has 0 unspecified atom stereocenters. The van der Waals surface area contributed by atoms with E-state index < -0.39 is 4.92 Å². The zero-order valence-electron chi connectivity index (χ0n) is 10.6. The van der Waals surface area contributed by atoms with Gasteiger partial charge in [0.1, 0.15) is 6.20 Å². The van der Waals surface area contributed by atoms with Crippen LogP contribution in [0.5, 0.6) is 0 Å². The number of benzene rings is 1. The van der Waals surface area contributed by atoms with Crippen molar-refractivity contribution in [2.24, 2.45) is 0 Å². The molecule has 1 aromatic carbocycles. The number of rotatable bonds is 5. The summed E-state index contributed by atoms with van der Waals surface area (Å²) in [5, 5.41) is 16.9. The Hall–Kier alpha value is -1.97. The van der Waals surface area contributed by atoms with Gasteiger partial charge in [-0.15, -0.1) is 0 Å². The van der Waals surface area contributed by atoms with E-state index in [2.05, 4.69) is 43.2 Å². The average Bonchev–Trinajstić information content (AvgIpc) is 2.42. The van der Waals surface area contributed by atoms with Gasteiger partial charge < -0.3 is 10.6 Å². The molecule has 1 aromatic heterocycles. The molecule has 0 fully saturated rings. The van der Waals surface area contributed by atoms with Crippen LogP contribution in [0.25, 0.3) is 0 Å². The van der Waals surface area contributed by atoms with Crippen LogP contribution < -0.4 is 10.6 Å². The summed E-state index contributed by atoms with van der Waals surface area (Å²) in [5.74, 6) is 0.522. The molecule has 2 rings (SSSR count). The number of anilines is 3. The molecule has 0 aliphatic carbocycles. The fourth-order valence-electron chi connectivity index (χ4n) is 1.51. The first-order valence-corrected chi connectivity index (χ1v) is 6.96. The van der Waals surface area contributed by atoms with Crippen molar-refractivity contribution in [2.45, 2.75) is 6.92 Å². The van der Waals surface area contributed by atoms with Gasteiger partial charge in [-0.2, -0.15) is 4.98 Å². The quantitative estimate of drug-likeness (QED) is 0.467. The maximum atomic E-state index is 11.0. The number of nitrogens with zero attached hydrogens (tertiary/aromatic N) is 3. The molecule has 1 heterocycles. The van der Waals surface area contributed by atoms with Crippen molar-refractivity contribution in [3.8, 4) is 0 Å². The maximum Gasteiger partial charge on any atom is 0.329 e. The Kier molecular flexibility index (Phi) is 4.66. The number of halogens is 1. The van der Waals surface area contributed by atoms with Gasteiger partial charge in [0.25, 0.3) is 0 Å². The SMILES string of the molecule is CCNc1ncc([N+](=O)[O-])c(Nc2ccc(I)cc2)n1. The molecule has 0 aliphatic heterocycles. The third kappa shape index (κ3) is 3.53. The second kappa shape index (κ2) is 6.46. The highest BCUT2D eigenvalue weighted by Crippen LogP contribution is 2.25. The van der Waals surface area contributed by atoms with Crippen molar-refractivity contribution < 1.29 is 4.92 Å². The van der Waals surface area contributed by atoms with Crippen LogP contribution in [-0.2, 0) is 0 Å². The molecule has 0 radical (unpaired) electrons. The summed E-state index contributed by atoms with van der Waals surface area (Å²) in [4.78, 5) is 18.5. The lowest BCUT2D eigenvalue weighted by Gasteiger charge is -2.08. The van der Waals surface area contributed by atoms with E-state index in [-0.39, 0.29) is 11.5 Å². The summed E-state index contributed by atoms with van der Waals surface area (Å²) in [6.45, 7) is 2.54. The Morgan fingerprint density at radius 2 is 2.05 bits per heavy atom. The molecule has 0 atom stereocenters. The van der Waals surface area contributed by atoms with Gasteiger partial charge in [-0.05, 0) is 53.8 Å². The molecule has 0 bridgehead atoms. The van der Waals surface area contributed by atoms with Gasteiger partial charge in [-0.1, -0.05) is 0 Å². The van der Waals surface area contributed by atoms with Gasteiger partial charge in [0.15, 0.2) is 0 Å². The second-order valence-electron chi connectivity index (χ2n) is 3.85. The first kappa shape index (κ1) is 14.4. The van der Waals surface area contributed by atoms with Gasteiger partial charge in [0.2, 0.25) is 11.8 Å². The van der Waals surface area contributed by atoms with Gasteiger partial charge in [0, 0.05) is 15.8 Å². The normalized spacial score (nSPS) is 10.1. The molecule has 8 heteroatoms. The molecule has 0 amide bonds. The summed E-state index contributed by atoms with van der Waals surface area (Å²) in [7, 11) is 0. The van der Waals surface area contributed by atoms with Crippen LogP contribution in [0.3, 0.4) is 0 Å². The third-order valence-corrected chi connectivity index (χ3v) is 3.13. The van der Waals surface area contributed by atoms with Gasteiger partial charge >= 0.3 is 5.69 Å². The van der Waals surface area contributed by atoms with Crippen molar-refractivity contribution in [3.63, 3.8) is 0 Å². The van der Waals surface area contributed by atoms with E-state index in [0.717, 1.165) is 9.26 Å². The molecule has 2 aromatic rings. The van der Waals surface area contributed by atoms with Crippen molar-refractivity contribution >= 4 is 45.7 Å². The molecule has 104 valence electrons. The molecular formula is C12H12IN5O2. The molecule has 0 saturated carbocycles. The minimum atomic E-state index is -0.509. The monoisotopic (exact) mass is 385 g/mol. The van der Waals surface area contributed by atoms with Gasteiger partial charge in [0.05, 0.1) is 4.92 Å². The van der Waals surface area contributed by atoms with Gasteiger partial charge in [-0.3, -0.25) is 10.1 Å². The third-order valence-electron chi connectivity index (χ3n) is 2.41. The predicted molar refractivity (Wildman–Crippen MR) is 85.3 cm³/mol. The Balaban J connectivity index is 2.34. The largest absolute Gasteiger partial charge is 0.354 e. The lowest BCUT2D eigenvalue weighted by molar-refractivity contribution is -0.384. The van der Waals surface area contributed by atoms with Gasteiger partial charge in [-0.25, -0.2) is 4.98 Å².